The van der Waals surface area contributed by atoms with Crippen LogP contribution in [0.5, 0.6) is 0 Å². The molecule has 3 heterocycles. The Labute approximate surface area is 380 Å². The summed E-state index contributed by atoms with van der Waals surface area (Å²) in [4.78, 5) is 15.3. The van der Waals surface area contributed by atoms with Crippen molar-refractivity contribution in [2.45, 2.75) is 19.3 Å². The second-order valence-corrected chi connectivity index (χ2v) is 18.6. The van der Waals surface area contributed by atoms with E-state index in [2.05, 4.69) is 188 Å². The standard InChI is InChI=1S/C60H40N4S/c1-60(2)49-25-13-12-22-44(49)55-43(23-14-26-50(55)60)41-29-32-52-47(36-41)46-34-39(28-31-51(46)64(52)42-20-10-5-11-21-42)40-30-33-53-48(35-40)56-45(24-15-27-54(56)65-53)59-62-57(37-16-6-3-7-17-37)61-58(63-59)38-18-8-4-9-19-38/h3-36H,1-2H3. The molecule has 0 bridgehead atoms. The van der Waals surface area contributed by atoms with Gasteiger partial charge >= 0.3 is 0 Å². The highest BCUT2D eigenvalue weighted by molar-refractivity contribution is 7.26. The summed E-state index contributed by atoms with van der Waals surface area (Å²) in [6.45, 7) is 4.71. The number of nitrogens with zero attached hydrogens (tertiary/aromatic N) is 4. The summed E-state index contributed by atoms with van der Waals surface area (Å²) >= 11 is 1.81. The number of para-hydroxylation sites is 1. The number of thiophene rings is 1. The third-order valence-electron chi connectivity index (χ3n) is 13.5. The summed E-state index contributed by atoms with van der Waals surface area (Å²) in [5.74, 6) is 1.97. The summed E-state index contributed by atoms with van der Waals surface area (Å²) in [6.07, 6.45) is 0. The van der Waals surface area contributed by atoms with Crippen LogP contribution in [0.3, 0.4) is 0 Å². The molecular formula is C60H40N4S. The third-order valence-corrected chi connectivity index (χ3v) is 14.6. The molecule has 5 heteroatoms. The lowest BCUT2D eigenvalue weighted by atomic mass is 9.82. The minimum atomic E-state index is -0.0680. The van der Waals surface area contributed by atoms with Crippen LogP contribution in [0.2, 0.25) is 0 Å². The predicted molar refractivity (Wildman–Crippen MR) is 272 cm³/mol. The number of rotatable bonds is 6. The Morgan fingerprint density at radius 1 is 0.385 bits per heavy atom. The molecule has 9 aromatic carbocycles. The van der Waals surface area contributed by atoms with Crippen LogP contribution >= 0.6 is 11.3 Å². The lowest BCUT2D eigenvalue weighted by molar-refractivity contribution is 0.660. The molecule has 0 radical (unpaired) electrons. The first-order valence-corrected chi connectivity index (χ1v) is 23.0. The number of aromatic nitrogens is 4. The lowest BCUT2D eigenvalue weighted by Crippen LogP contribution is -2.14. The highest BCUT2D eigenvalue weighted by Crippen LogP contribution is 2.52. The van der Waals surface area contributed by atoms with Crippen LogP contribution in [0.25, 0.3) is 115 Å². The lowest BCUT2D eigenvalue weighted by Gasteiger charge is -2.21. The van der Waals surface area contributed by atoms with Gasteiger partial charge in [-0.15, -0.1) is 11.3 Å². The fourth-order valence-corrected chi connectivity index (χ4v) is 11.5. The minimum Gasteiger partial charge on any atom is -0.309 e. The van der Waals surface area contributed by atoms with Gasteiger partial charge in [0, 0.05) is 58.7 Å². The van der Waals surface area contributed by atoms with Gasteiger partial charge in [0.2, 0.25) is 0 Å². The molecule has 0 saturated carbocycles. The molecule has 0 unspecified atom stereocenters. The van der Waals surface area contributed by atoms with Crippen LogP contribution in [0.1, 0.15) is 25.0 Å². The zero-order chi connectivity index (χ0) is 43.2. The van der Waals surface area contributed by atoms with Crippen LogP contribution in [0.4, 0.5) is 0 Å². The number of benzene rings is 9. The molecule has 12 aromatic rings. The van der Waals surface area contributed by atoms with Crippen LogP contribution < -0.4 is 0 Å². The topological polar surface area (TPSA) is 43.6 Å². The van der Waals surface area contributed by atoms with Gasteiger partial charge < -0.3 is 4.57 Å². The summed E-state index contributed by atoms with van der Waals surface area (Å²) in [5, 5.41) is 4.80. The van der Waals surface area contributed by atoms with E-state index in [0.717, 1.165) is 33.3 Å². The van der Waals surface area contributed by atoms with Crippen molar-refractivity contribution in [2.75, 3.05) is 0 Å². The fraction of sp³-hybridized carbons (Fsp3) is 0.0500. The molecule has 1 aliphatic carbocycles. The van der Waals surface area contributed by atoms with Gasteiger partial charge in [0.15, 0.2) is 17.5 Å². The van der Waals surface area contributed by atoms with Crippen LogP contribution in [0.15, 0.2) is 206 Å². The maximum atomic E-state index is 5.15. The zero-order valence-corrected chi connectivity index (χ0v) is 36.6. The smallest absolute Gasteiger partial charge is 0.164 e. The molecular weight excluding hydrogens is 809 g/mol. The van der Waals surface area contributed by atoms with Crippen molar-refractivity contribution < 1.29 is 0 Å². The molecule has 0 amide bonds. The van der Waals surface area contributed by atoms with E-state index >= 15 is 0 Å². The molecule has 13 rings (SSSR count). The molecule has 1 aliphatic rings. The molecule has 0 aliphatic heterocycles. The van der Waals surface area contributed by atoms with E-state index in [1.165, 1.54) is 75.5 Å². The predicted octanol–water partition coefficient (Wildman–Crippen LogP) is 16.0. The number of fused-ring (bicyclic) bond motifs is 9. The van der Waals surface area contributed by atoms with Gasteiger partial charge in [-0.25, -0.2) is 15.0 Å². The van der Waals surface area contributed by atoms with Crippen molar-refractivity contribution in [2.24, 2.45) is 0 Å². The molecule has 65 heavy (non-hydrogen) atoms. The Balaban J connectivity index is 0.994. The van der Waals surface area contributed by atoms with Crippen molar-refractivity contribution in [3.8, 4) is 73.2 Å². The quantitative estimate of drug-likeness (QED) is 0.167. The first-order chi connectivity index (χ1) is 32.0. The van der Waals surface area contributed by atoms with E-state index in [1.54, 1.807) is 0 Å². The van der Waals surface area contributed by atoms with Gasteiger partial charge in [-0.2, -0.15) is 0 Å². The first-order valence-electron chi connectivity index (χ1n) is 22.2. The molecule has 0 N–H and O–H groups in total. The van der Waals surface area contributed by atoms with Crippen molar-refractivity contribution in [1.29, 1.82) is 0 Å². The van der Waals surface area contributed by atoms with Gasteiger partial charge in [0.25, 0.3) is 0 Å². The highest BCUT2D eigenvalue weighted by atomic mass is 32.1. The van der Waals surface area contributed by atoms with Gasteiger partial charge in [0.05, 0.1) is 11.0 Å². The van der Waals surface area contributed by atoms with Gasteiger partial charge in [0.1, 0.15) is 0 Å². The first kappa shape index (κ1) is 37.6. The normalized spacial score (nSPS) is 12.9. The Morgan fingerprint density at radius 3 is 1.62 bits per heavy atom. The van der Waals surface area contributed by atoms with Gasteiger partial charge in [-0.05, 0) is 99.1 Å². The number of hydrogen-bond donors (Lipinski definition) is 0. The van der Waals surface area contributed by atoms with E-state index < -0.39 is 0 Å². The minimum absolute atomic E-state index is 0.0680. The highest BCUT2D eigenvalue weighted by Gasteiger charge is 2.36. The van der Waals surface area contributed by atoms with Gasteiger partial charge in [-0.3, -0.25) is 0 Å². The van der Waals surface area contributed by atoms with E-state index in [0.29, 0.717) is 17.5 Å². The molecule has 0 fully saturated rings. The summed E-state index contributed by atoms with van der Waals surface area (Å²) < 4.78 is 4.84. The molecule has 0 spiro atoms. The van der Waals surface area contributed by atoms with Crippen LogP contribution in [-0.2, 0) is 5.41 Å². The van der Waals surface area contributed by atoms with Crippen molar-refractivity contribution in [3.63, 3.8) is 0 Å². The van der Waals surface area contributed by atoms with Crippen molar-refractivity contribution in [3.05, 3.63) is 217 Å². The van der Waals surface area contributed by atoms with E-state index in [1.807, 2.05) is 47.7 Å². The Kier molecular flexibility index (Phi) is 8.39. The maximum Gasteiger partial charge on any atom is 0.164 e. The third kappa shape index (κ3) is 5.93. The van der Waals surface area contributed by atoms with Crippen molar-refractivity contribution >= 4 is 53.3 Å². The zero-order valence-electron chi connectivity index (χ0n) is 35.8. The Bertz CT molecular complexity index is 3790. The molecule has 0 atom stereocenters. The average molecular weight is 849 g/mol. The molecule has 4 nitrogen and oxygen atoms in total. The maximum absolute atomic E-state index is 5.15. The van der Waals surface area contributed by atoms with Crippen LogP contribution in [-0.4, -0.2) is 19.5 Å². The van der Waals surface area contributed by atoms with Crippen LogP contribution in [0, 0.1) is 0 Å². The van der Waals surface area contributed by atoms with E-state index in [-0.39, 0.29) is 5.41 Å². The largest absolute Gasteiger partial charge is 0.309 e. The Hall–Kier alpha value is -7.99. The monoisotopic (exact) mass is 848 g/mol. The molecule has 3 aromatic heterocycles. The average Bonchev–Trinajstić information content (AvgIpc) is 3.99. The molecule has 0 saturated heterocycles. The van der Waals surface area contributed by atoms with Crippen molar-refractivity contribution in [1.82, 2.24) is 19.5 Å². The summed E-state index contributed by atoms with van der Waals surface area (Å²) in [5.41, 5.74) is 16.6. The fourth-order valence-electron chi connectivity index (χ4n) is 10.3. The van der Waals surface area contributed by atoms with E-state index in [9.17, 15) is 0 Å². The summed E-state index contributed by atoms with van der Waals surface area (Å²) in [7, 11) is 0. The summed E-state index contributed by atoms with van der Waals surface area (Å²) in [6, 6.07) is 74.4. The second kappa shape index (κ2) is 14.5. The molecule has 306 valence electrons. The number of hydrogen-bond acceptors (Lipinski definition) is 4. The second-order valence-electron chi connectivity index (χ2n) is 17.6. The SMILES string of the molecule is CC1(C)c2ccccc2-c2c(-c3ccc4c(c3)c3cc(-c5ccc6sc7cccc(-c8nc(-c9ccccc9)nc(-c9ccccc9)n8)c7c6c5)ccc3n4-c3ccccc3)cccc21. The Morgan fingerprint density at radius 2 is 0.908 bits per heavy atom. The van der Waals surface area contributed by atoms with E-state index in [4.69, 9.17) is 15.0 Å². The van der Waals surface area contributed by atoms with Gasteiger partial charge in [-0.1, -0.05) is 166 Å².